The van der Waals surface area contributed by atoms with Crippen LogP contribution in [0.1, 0.15) is 18.3 Å². The van der Waals surface area contributed by atoms with Crippen molar-refractivity contribution in [3.8, 4) is 11.4 Å². The number of hydrogen-bond donors (Lipinski definition) is 0. The second kappa shape index (κ2) is 9.77. The molecular weight excluding hydrogens is 462 g/mol. The van der Waals surface area contributed by atoms with Gasteiger partial charge in [-0.05, 0) is 60.5 Å². The van der Waals surface area contributed by atoms with Crippen LogP contribution >= 0.6 is 0 Å². The van der Waals surface area contributed by atoms with Gasteiger partial charge in [-0.3, -0.25) is 9.47 Å². The van der Waals surface area contributed by atoms with Gasteiger partial charge < -0.3 is 4.74 Å². The largest absolute Gasteiger partial charge is 0.497 e. The van der Waals surface area contributed by atoms with Gasteiger partial charge in [-0.1, -0.05) is 19.1 Å². The van der Waals surface area contributed by atoms with Crippen molar-refractivity contribution >= 4 is 21.2 Å². The van der Waals surface area contributed by atoms with Gasteiger partial charge in [0.05, 0.1) is 18.6 Å². The molecule has 0 amide bonds. The van der Waals surface area contributed by atoms with E-state index >= 15 is 0 Å². The molecule has 0 spiro atoms. The predicted molar refractivity (Wildman–Crippen MR) is 135 cm³/mol. The normalized spacial score (nSPS) is 15.5. The number of piperazine rings is 1. The van der Waals surface area contributed by atoms with E-state index in [1.54, 1.807) is 41.9 Å². The number of fused-ring (bicyclic) bond motifs is 1. The smallest absolute Gasteiger partial charge is 0.243 e. The lowest BCUT2D eigenvalue weighted by Gasteiger charge is -2.33. The summed E-state index contributed by atoms with van der Waals surface area (Å²) in [6.45, 7) is 4.86. The number of aryl methyl sites for hydroxylation is 1. The van der Waals surface area contributed by atoms with E-state index in [0.717, 1.165) is 29.1 Å². The van der Waals surface area contributed by atoms with E-state index in [4.69, 9.17) is 9.72 Å². The van der Waals surface area contributed by atoms with Crippen molar-refractivity contribution in [1.82, 2.24) is 23.7 Å². The number of ether oxygens (including phenoxy) is 1. The Labute approximate surface area is 205 Å². The number of imidazole rings is 1. The fourth-order valence-corrected chi connectivity index (χ4v) is 5.86. The van der Waals surface area contributed by atoms with Gasteiger partial charge in [0, 0.05) is 38.1 Å². The minimum Gasteiger partial charge on any atom is -0.497 e. The first-order chi connectivity index (χ1) is 17.0. The lowest BCUT2D eigenvalue weighted by atomic mass is 10.1. The van der Waals surface area contributed by atoms with E-state index in [1.165, 1.54) is 5.56 Å². The average Bonchev–Trinajstić information content (AvgIpc) is 3.26. The van der Waals surface area contributed by atoms with E-state index in [2.05, 4.69) is 45.6 Å². The van der Waals surface area contributed by atoms with Gasteiger partial charge in [0.2, 0.25) is 10.0 Å². The fraction of sp³-hybridized carbons (Fsp3) is 0.308. The molecular formula is C26H29N5O3S. The molecule has 0 unspecified atom stereocenters. The van der Waals surface area contributed by atoms with Gasteiger partial charge in [-0.2, -0.15) is 4.31 Å². The molecule has 0 atom stereocenters. The Morgan fingerprint density at radius 3 is 2.31 bits per heavy atom. The summed E-state index contributed by atoms with van der Waals surface area (Å²) in [6, 6.07) is 18.9. The van der Waals surface area contributed by atoms with Crippen LogP contribution < -0.4 is 4.74 Å². The Morgan fingerprint density at radius 1 is 0.943 bits per heavy atom. The number of nitrogens with zero attached hydrogens (tertiary/aromatic N) is 5. The number of aromatic nitrogens is 3. The minimum absolute atomic E-state index is 0.287. The quantitative estimate of drug-likeness (QED) is 0.394. The Hall–Kier alpha value is -3.27. The zero-order chi connectivity index (χ0) is 24.4. The van der Waals surface area contributed by atoms with Gasteiger partial charge in [0.1, 0.15) is 17.1 Å². The first kappa shape index (κ1) is 23.5. The van der Waals surface area contributed by atoms with Crippen LogP contribution in [0, 0.1) is 0 Å². The molecule has 1 aliphatic rings. The van der Waals surface area contributed by atoms with Crippen LogP contribution in [0.2, 0.25) is 0 Å². The van der Waals surface area contributed by atoms with E-state index in [-0.39, 0.29) is 4.90 Å². The predicted octanol–water partition coefficient (Wildman–Crippen LogP) is 3.50. The average molecular weight is 492 g/mol. The van der Waals surface area contributed by atoms with Gasteiger partial charge in [0.15, 0.2) is 5.65 Å². The lowest BCUT2D eigenvalue weighted by Crippen LogP contribution is -2.48. The fourth-order valence-electron chi connectivity index (χ4n) is 4.44. The molecule has 182 valence electrons. The molecule has 3 heterocycles. The Morgan fingerprint density at radius 2 is 1.66 bits per heavy atom. The molecule has 1 fully saturated rings. The maximum Gasteiger partial charge on any atom is 0.243 e. The van der Waals surface area contributed by atoms with Crippen LogP contribution in [-0.4, -0.2) is 65.4 Å². The zero-order valence-electron chi connectivity index (χ0n) is 20.0. The summed E-state index contributed by atoms with van der Waals surface area (Å²) < 4.78 is 35.0. The zero-order valence-corrected chi connectivity index (χ0v) is 20.8. The van der Waals surface area contributed by atoms with Crippen molar-refractivity contribution in [2.45, 2.75) is 24.8 Å². The number of methoxy groups -OCH3 is 1. The maximum absolute atomic E-state index is 13.1. The van der Waals surface area contributed by atoms with Crippen molar-refractivity contribution in [2.75, 3.05) is 33.3 Å². The highest BCUT2D eigenvalue weighted by molar-refractivity contribution is 7.89. The molecule has 1 aliphatic heterocycles. The highest BCUT2D eigenvalue weighted by Crippen LogP contribution is 2.24. The van der Waals surface area contributed by atoms with E-state index < -0.39 is 10.0 Å². The van der Waals surface area contributed by atoms with Crippen molar-refractivity contribution in [3.63, 3.8) is 0 Å². The molecule has 5 rings (SSSR count). The second-order valence-corrected chi connectivity index (χ2v) is 10.5. The molecule has 8 nitrogen and oxygen atoms in total. The molecule has 2 aromatic heterocycles. The molecule has 9 heteroatoms. The molecule has 0 N–H and O–H groups in total. The summed E-state index contributed by atoms with van der Waals surface area (Å²) in [5.74, 6) is 1.53. The third kappa shape index (κ3) is 4.67. The number of pyridine rings is 1. The van der Waals surface area contributed by atoms with E-state index in [0.29, 0.717) is 38.5 Å². The summed E-state index contributed by atoms with van der Waals surface area (Å²) >= 11 is 0. The van der Waals surface area contributed by atoms with Crippen molar-refractivity contribution in [1.29, 1.82) is 0 Å². The second-order valence-electron chi connectivity index (χ2n) is 8.59. The Bertz CT molecular complexity index is 1410. The number of hydrogen-bond acceptors (Lipinski definition) is 6. The highest BCUT2D eigenvalue weighted by atomic mass is 32.2. The highest BCUT2D eigenvalue weighted by Gasteiger charge is 2.29. The van der Waals surface area contributed by atoms with Crippen LogP contribution in [0.3, 0.4) is 0 Å². The van der Waals surface area contributed by atoms with E-state index in [1.807, 2.05) is 12.1 Å². The Balaban J connectivity index is 1.34. The van der Waals surface area contributed by atoms with Crippen LogP contribution in [0.25, 0.3) is 16.9 Å². The van der Waals surface area contributed by atoms with Crippen LogP contribution in [0.5, 0.6) is 5.75 Å². The molecule has 1 saturated heterocycles. The summed E-state index contributed by atoms with van der Waals surface area (Å²) in [4.78, 5) is 12.0. The molecule has 35 heavy (non-hydrogen) atoms. The SMILES string of the molecule is CCc1ccc(-n2c(CN3CCN(S(=O)(=O)c4ccc(OC)cc4)CC3)nc3cccnc32)cc1. The van der Waals surface area contributed by atoms with Gasteiger partial charge in [-0.25, -0.2) is 18.4 Å². The molecule has 2 aromatic carbocycles. The van der Waals surface area contributed by atoms with E-state index in [9.17, 15) is 8.42 Å². The third-order valence-corrected chi connectivity index (χ3v) is 8.39. The molecule has 0 saturated carbocycles. The van der Waals surface area contributed by atoms with Crippen LogP contribution in [0.4, 0.5) is 0 Å². The summed E-state index contributed by atoms with van der Waals surface area (Å²) in [6.07, 6.45) is 2.77. The third-order valence-electron chi connectivity index (χ3n) is 6.48. The maximum atomic E-state index is 13.1. The summed E-state index contributed by atoms with van der Waals surface area (Å²) in [7, 11) is -1.98. The molecule has 0 radical (unpaired) electrons. The Kier molecular flexibility index (Phi) is 6.55. The monoisotopic (exact) mass is 491 g/mol. The molecule has 4 aromatic rings. The lowest BCUT2D eigenvalue weighted by molar-refractivity contribution is 0.177. The van der Waals surface area contributed by atoms with Crippen LogP contribution in [-0.2, 0) is 23.0 Å². The first-order valence-corrected chi connectivity index (χ1v) is 13.2. The number of sulfonamides is 1. The van der Waals surface area contributed by atoms with Gasteiger partial charge in [0.25, 0.3) is 0 Å². The van der Waals surface area contributed by atoms with Crippen molar-refractivity contribution < 1.29 is 13.2 Å². The van der Waals surface area contributed by atoms with Gasteiger partial charge >= 0.3 is 0 Å². The number of benzene rings is 2. The topological polar surface area (TPSA) is 80.6 Å². The minimum atomic E-state index is -3.54. The van der Waals surface area contributed by atoms with Crippen molar-refractivity contribution in [2.24, 2.45) is 0 Å². The van der Waals surface area contributed by atoms with Gasteiger partial charge in [-0.15, -0.1) is 0 Å². The number of rotatable bonds is 7. The first-order valence-electron chi connectivity index (χ1n) is 11.8. The van der Waals surface area contributed by atoms with Crippen molar-refractivity contribution in [3.05, 3.63) is 78.2 Å². The van der Waals surface area contributed by atoms with Crippen LogP contribution in [0.15, 0.2) is 71.8 Å². The molecule has 0 bridgehead atoms. The summed E-state index contributed by atoms with van der Waals surface area (Å²) in [5.41, 5.74) is 3.98. The standard InChI is InChI=1S/C26H29N5O3S/c1-3-20-6-8-21(9-7-20)31-25(28-24-5-4-14-27-26(24)31)19-29-15-17-30(18-16-29)35(32,33)23-12-10-22(34-2)11-13-23/h4-14H,3,15-19H2,1-2H3. The summed E-state index contributed by atoms with van der Waals surface area (Å²) in [5, 5.41) is 0. The molecule has 0 aliphatic carbocycles.